The zero-order valence-corrected chi connectivity index (χ0v) is 25.0. The molecule has 204 valence electrons. The van der Waals surface area contributed by atoms with Crippen LogP contribution < -0.4 is 4.90 Å². The van der Waals surface area contributed by atoms with Gasteiger partial charge in [0.05, 0.1) is 46.8 Å². The molecule has 0 radical (unpaired) electrons. The lowest BCUT2D eigenvalue weighted by molar-refractivity contribution is -0.0996. The van der Waals surface area contributed by atoms with E-state index in [-0.39, 0.29) is 17.7 Å². The molecule has 0 unspecified atom stereocenters. The van der Waals surface area contributed by atoms with Crippen molar-refractivity contribution in [3.63, 3.8) is 0 Å². The van der Waals surface area contributed by atoms with Crippen molar-refractivity contribution >= 4 is 34.5 Å². The first-order valence-corrected chi connectivity index (χ1v) is 14.5. The minimum atomic E-state index is -0.468. The molecule has 10 heteroatoms. The van der Waals surface area contributed by atoms with Crippen LogP contribution >= 0.6 is 22.6 Å². The first-order valence-electron chi connectivity index (χ1n) is 13.4. The number of ether oxygens (including phenoxy) is 3. The zero-order chi connectivity index (χ0) is 26.1. The molecule has 1 amide bonds. The summed E-state index contributed by atoms with van der Waals surface area (Å²) in [5.74, 6) is 1.10. The van der Waals surface area contributed by atoms with E-state index >= 15 is 0 Å². The molecule has 0 saturated carbocycles. The number of halogens is 1. The number of carbonyl (C=O) groups excluding carboxylic acids is 1. The minimum absolute atomic E-state index is 0.000598. The molecule has 36 heavy (non-hydrogen) atoms. The van der Waals surface area contributed by atoms with E-state index in [1.165, 1.54) is 9.26 Å². The van der Waals surface area contributed by atoms with Gasteiger partial charge in [0.25, 0.3) is 0 Å². The molecule has 3 fully saturated rings. The maximum atomic E-state index is 12.5. The molecule has 0 N–H and O–H groups in total. The van der Waals surface area contributed by atoms with Crippen LogP contribution in [0.25, 0.3) is 0 Å². The lowest BCUT2D eigenvalue weighted by atomic mass is 9.92. The van der Waals surface area contributed by atoms with Gasteiger partial charge in [0.2, 0.25) is 0 Å². The standard InChI is InChI=1S/C26H44IN5O4/c1-7-26(6)18-29(16-21-17-34-14-15-35-21)12-13-31(26)23-22(27)19(2)32(28-23)20-8-10-30(11-9-20)24(33)36-25(3,4)5/h20-21H,7-18H2,1-6H3/t21-,26+/m1/s1. The molecule has 4 heterocycles. The summed E-state index contributed by atoms with van der Waals surface area (Å²) in [5.41, 5.74) is 0.749. The molecule has 4 rings (SSSR count). The van der Waals surface area contributed by atoms with Gasteiger partial charge in [-0.2, -0.15) is 5.10 Å². The van der Waals surface area contributed by atoms with Crippen LogP contribution in [0.4, 0.5) is 10.6 Å². The highest BCUT2D eigenvalue weighted by Crippen LogP contribution is 2.36. The van der Waals surface area contributed by atoms with Gasteiger partial charge in [-0.25, -0.2) is 4.79 Å². The molecule has 1 aromatic rings. The summed E-state index contributed by atoms with van der Waals surface area (Å²) in [6.45, 7) is 19.9. The third-order valence-corrected chi connectivity index (χ3v) is 9.00. The summed E-state index contributed by atoms with van der Waals surface area (Å²) in [7, 11) is 0. The Kier molecular flexibility index (Phi) is 8.78. The number of carbonyl (C=O) groups is 1. The van der Waals surface area contributed by atoms with Crippen LogP contribution in [0, 0.1) is 10.5 Å². The average Bonchev–Trinajstić information content (AvgIpc) is 3.13. The monoisotopic (exact) mass is 617 g/mol. The molecular formula is C26H44IN5O4. The van der Waals surface area contributed by atoms with Gasteiger partial charge in [0.15, 0.2) is 5.82 Å². The van der Waals surface area contributed by atoms with Crippen molar-refractivity contribution in [2.24, 2.45) is 0 Å². The Morgan fingerprint density at radius 1 is 1.19 bits per heavy atom. The first kappa shape index (κ1) is 27.9. The highest BCUT2D eigenvalue weighted by molar-refractivity contribution is 14.1. The summed E-state index contributed by atoms with van der Waals surface area (Å²) in [4.78, 5) is 19.4. The Balaban J connectivity index is 1.43. The van der Waals surface area contributed by atoms with Gasteiger partial charge in [0.1, 0.15) is 5.60 Å². The van der Waals surface area contributed by atoms with Crippen molar-refractivity contribution in [2.45, 2.75) is 84.1 Å². The normalized spacial score (nSPS) is 26.9. The van der Waals surface area contributed by atoms with Crippen LogP contribution in [0.5, 0.6) is 0 Å². The summed E-state index contributed by atoms with van der Waals surface area (Å²) in [6, 6.07) is 0.295. The predicted molar refractivity (Wildman–Crippen MR) is 149 cm³/mol. The molecule has 1 aromatic heterocycles. The van der Waals surface area contributed by atoms with Crippen LogP contribution in [-0.4, -0.2) is 102 Å². The van der Waals surface area contributed by atoms with E-state index < -0.39 is 5.60 Å². The van der Waals surface area contributed by atoms with E-state index in [0.717, 1.165) is 51.3 Å². The van der Waals surface area contributed by atoms with E-state index in [2.05, 4.69) is 57.8 Å². The molecule has 0 spiro atoms. The summed E-state index contributed by atoms with van der Waals surface area (Å²) in [6.07, 6.45) is 2.77. The number of hydrogen-bond donors (Lipinski definition) is 0. The van der Waals surface area contributed by atoms with Crippen molar-refractivity contribution in [3.05, 3.63) is 9.26 Å². The minimum Gasteiger partial charge on any atom is -0.444 e. The van der Waals surface area contributed by atoms with E-state index in [1.807, 2.05) is 25.7 Å². The fourth-order valence-corrected chi connectivity index (χ4v) is 6.18. The maximum Gasteiger partial charge on any atom is 0.410 e. The Morgan fingerprint density at radius 3 is 2.53 bits per heavy atom. The van der Waals surface area contributed by atoms with Crippen molar-refractivity contribution in [3.8, 4) is 0 Å². The number of rotatable bonds is 5. The van der Waals surface area contributed by atoms with Gasteiger partial charge in [-0.05, 0) is 76.5 Å². The SMILES string of the molecule is CC[C@@]1(C)CN(C[C@@H]2COCCO2)CCN1c1nn(C2CCN(C(=O)OC(C)(C)C)CC2)c(C)c1I. The molecule has 3 aliphatic rings. The second kappa shape index (κ2) is 11.3. The van der Waals surface area contributed by atoms with Crippen LogP contribution in [0.3, 0.4) is 0 Å². The smallest absolute Gasteiger partial charge is 0.410 e. The number of piperazine rings is 1. The lowest BCUT2D eigenvalue weighted by Crippen LogP contribution is -2.62. The number of aromatic nitrogens is 2. The predicted octanol–water partition coefficient (Wildman–Crippen LogP) is 4.07. The Hall–Kier alpha value is -1.11. The van der Waals surface area contributed by atoms with Gasteiger partial charge in [-0.1, -0.05) is 6.92 Å². The zero-order valence-electron chi connectivity index (χ0n) is 22.9. The van der Waals surface area contributed by atoms with Gasteiger partial charge < -0.3 is 24.0 Å². The van der Waals surface area contributed by atoms with Gasteiger partial charge in [-0.15, -0.1) is 0 Å². The van der Waals surface area contributed by atoms with Gasteiger partial charge >= 0.3 is 6.09 Å². The second-order valence-electron chi connectivity index (χ2n) is 11.7. The van der Waals surface area contributed by atoms with E-state index in [1.54, 1.807) is 0 Å². The number of piperidine rings is 1. The van der Waals surface area contributed by atoms with E-state index in [0.29, 0.717) is 39.0 Å². The molecule has 3 saturated heterocycles. The molecule has 0 aliphatic carbocycles. The van der Waals surface area contributed by atoms with Crippen molar-refractivity contribution in [1.29, 1.82) is 0 Å². The molecule has 0 aromatic carbocycles. The maximum absolute atomic E-state index is 12.5. The third kappa shape index (κ3) is 6.30. The first-order chi connectivity index (χ1) is 17.0. The van der Waals surface area contributed by atoms with Crippen molar-refractivity contribution < 1.29 is 19.0 Å². The van der Waals surface area contributed by atoms with Crippen LogP contribution in [-0.2, 0) is 14.2 Å². The highest BCUT2D eigenvalue weighted by Gasteiger charge is 2.40. The largest absolute Gasteiger partial charge is 0.444 e. The molecule has 0 bridgehead atoms. The molecule has 9 nitrogen and oxygen atoms in total. The van der Waals surface area contributed by atoms with Crippen molar-refractivity contribution in [2.75, 3.05) is 64.0 Å². The topological polar surface area (TPSA) is 72.3 Å². The van der Waals surface area contributed by atoms with Crippen molar-refractivity contribution in [1.82, 2.24) is 19.6 Å². The Labute approximate surface area is 229 Å². The quantitative estimate of drug-likeness (QED) is 0.462. The number of amides is 1. The Bertz CT molecular complexity index is 905. The number of likely N-dealkylation sites (tertiary alicyclic amines) is 1. The van der Waals surface area contributed by atoms with Gasteiger partial charge in [0, 0.05) is 39.3 Å². The number of anilines is 1. The summed E-state index contributed by atoms with van der Waals surface area (Å²) in [5, 5.41) is 5.21. The highest BCUT2D eigenvalue weighted by atomic mass is 127. The fourth-order valence-electron chi connectivity index (χ4n) is 5.54. The van der Waals surface area contributed by atoms with Crippen LogP contribution in [0.15, 0.2) is 0 Å². The third-order valence-electron chi connectivity index (χ3n) is 7.74. The summed E-state index contributed by atoms with van der Waals surface area (Å²) < 4.78 is 20.6. The average molecular weight is 618 g/mol. The van der Waals surface area contributed by atoms with E-state index in [9.17, 15) is 4.79 Å². The molecule has 3 aliphatic heterocycles. The molecular weight excluding hydrogens is 573 g/mol. The second-order valence-corrected chi connectivity index (χ2v) is 12.7. The summed E-state index contributed by atoms with van der Waals surface area (Å²) >= 11 is 2.48. The number of nitrogens with zero attached hydrogens (tertiary/aromatic N) is 5. The Morgan fingerprint density at radius 2 is 1.92 bits per heavy atom. The lowest BCUT2D eigenvalue weighted by Gasteiger charge is -2.50. The molecule has 2 atom stereocenters. The van der Waals surface area contributed by atoms with Gasteiger partial charge in [-0.3, -0.25) is 9.58 Å². The van der Waals surface area contributed by atoms with E-state index in [4.69, 9.17) is 19.3 Å². The van der Waals surface area contributed by atoms with Crippen LogP contribution in [0.1, 0.15) is 65.6 Å². The van der Waals surface area contributed by atoms with Crippen LogP contribution in [0.2, 0.25) is 0 Å². The number of hydrogen-bond acceptors (Lipinski definition) is 7. The fraction of sp³-hybridized carbons (Fsp3) is 0.846.